The molecule has 0 aromatic heterocycles. The molecule has 4 aliphatic rings. The Morgan fingerprint density at radius 2 is 0.825 bits per heavy atom. The van der Waals surface area contributed by atoms with Gasteiger partial charge in [0.1, 0.15) is 24.2 Å². The smallest absolute Gasteiger partial charge is 0.254 e. The maximum Gasteiger partial charge on any atom is 0.254 e. The number of likely N-dealkylation sites (tertiary alicyclic amines) is 4. The van der Waals surface area contributed by atoms with Gasteiger partial charge in [-0.15, -0.1) is 0 Å². The van der Waals surface area contributed by atoms with Gasteiger partial charge >= 0.3 is 0 Å². The van der Waals surface area contributed by atoms with Crippen LogP contribution in [0.25, 0.3) is 0 Å². The molecule has 0 unspecified atom stereocenters. The summed E-state index contributed by atoms with van der Waals surface area (Å²) < 4.78 is 0. The highest BCUT2D eigenvalue weighted by atomic mass is 16.2. The lowest BCUT2D eigenvalue weighted by molar-refractivity contribution is -0.142. The van der Waals surface area contributed by atoms with Gasteiger partial charge in [-0.1, -0.05) is 102 Å². The molecule has 7 rings (SSSR count). The molecule has 18 nitrogen and oxygen atoms in total. The van der Waals surface area contributed by atoms with Gasteiger partial charge in [-0.05, 0) is 124 Å². The summed E-state index contributed by atoms with van der Waals surface area (Å²) in [5, 5.41) is 5.77. The van der Waals surface area contributed by atoms with Gasteiger partial charge in [0, 0.05) is 75.6 Å². The number of nitrogens with one attached hydrogen (secondary N) is 2. The van der Waals surface area contributed by atoms with E-state index in [1.165, 1.54) is 0 Å². The molecule has 0 aliphatic carbocycles. The number of amides is 8. The van der Waals surface area contributed by atoms with E-state index >= 15 is 0 Å². The van der Waals surface area contributed by atoms with Crippen LogP contribution in [0.5, 0.6) is 0 Å². The molecule has 4 saturated heterocycles. The molecular formula is C62H88N10O8. The second kappa shape index (κ2) is 26.7. The maximum atomic E-state index is 14.9. The van der Waals surface area contributed by atoms with E-state index in [9.17, 15) is 38.4 Å². The molecule has 4 aliphatic heterocycles. The third-order valence-electron chi connectivity index (χ3n) is 16.4. The van der Waals surface area contributed by atoms with Gasteiger partial charge in [-0.3, -0.25) is 38.4 Å². The second-order valence-electron chi connectivity index (χ2n) is 24.8. The lowest BCUT2D eigenvalue weighted by Crippen LogP contribution is -2.59. The van der Waals surface area contributed by atoms with Crippen LogP contribution < -0.4 is 22.1 Å². The Kier molecular flexibility index (Phi) is 20.4. The molecule has 80 heavy (non-hydrogen) atoms. The normalized spacial score (nSPS) is 20.9. The van der Waals surface area contributed by atoms with Gasteiger partial charge in [0.15, 0.2) is 0 Å². The number of carbonyl (C=O) groups excluding carboxylic acids is 8. The summed E-state index contributed by atoms with van der Waals surface area (Å²) in [4.78, 5) is 124. The summed E-state index contributed by atoms with van der Waals surface area (Å²) in [5.74, 6) is -2.29. The molecule has 6 N–H and O–H groups in total. The van der Waals surface area contributed by atoms with Crippen molar-refractivity contribution in [1.82, 2.24) is 40.0 Å². The third kappa shape index (κ3) is 15.0. The molecule has 4 heterocycles. The summed E-state index contributed by atoms with van der Waals surface area (Å²) in [7, 11) is 0. The fraction of sp³-hybridized carbons (Fsp3) is 0.581. The molecule has 8 atom stereocenters. The number of nitrogens with zero attached hydrogens (tertiary/aromatic N) is 6. The zero-order valence-electron chi connectivity index (χ0n) is 48.5. The Bertz CT molecular complexity index is 2470. The van der Waals surface area contributed by atoms with Gasteiger partial charge in [0.25, 0.3) is 11.8 Å². The minimum Gasteiger partial charge on any atom is -0.342 e. The van der Waals surface area contributed by atoms with E-state index in [0.717, 1.165) is 24.0 Å². The van der Waals surface area contributed by atoms with Crippen molar-refractivity contribution >= 4 is 47.3 Å². The summed E-state index contributed by atoms with van der Waals surface area (Å²) >= 11 is 0. The average Bonchev–Trinajstić information content (AvgIpc) is 4.31. The van der Waals surface area contributed by atoms with E-state index in [0.29, 0.717) is 102 Å². The molecule has 18 heteroatoms. The maximum absolute atomic E-state index is 14.9. The Balaban J connectivity index is 1.05. The number of benzene rings is 3. The Labute approximate surface area is 473 Å². The minimum atomic E-state index is -0.824. The number of rotatable bonds is 20. The SMILES string of the molecule is C[C@H](N)C(=O)N[C@H](C(=O)N1CCC[C@H]1CN(CCc1ccccc1)C(=O)[C@@H]1CCCN1C(=O)c1ccc(C(=O)N2CCC[C@H]2C(=O)N(CCc2ccccc2)C[C@@H]2CCCN2C(=O)[C@@H](NC(=O)[C@H](C)N)C(C)(C)C)cc1)C(C)(C)C. The number of hydrogen-bond acceptors (Lipinski definition) is 10. The van der Waals surface area contributed by atoms with Crippen LogP contribution in [-0.4, -0.2) is 177 Å². The van der Waals surface area contributed by atoms with Crippen LogP contribution in [-0.2, 0) is 41.6 Å². The molecule has 8 amide bonds. The summed E-state index contributed by atoms with van der Waals surface area (Å²) in [6.07, 6.45) is 6.16. The van der Waals surface area contributed by atoms with Gasteiger partial charge in [0.2, 0.25) is 35.4 Å². The summed E-state index contributed by atoms with van der Waals surface area (Å²) in [5.41, 5.74) is 13.4. The van der Waals surface area contributed by atoms with Crippen LogP contribution in [0, 0.1) is 10.8 Å². The zero-order chi connectivity index (χ0) is 58.1. The summed E-state index contributed by atoms with van der Waals surface area (Å²) in [6.45, 7) is 17.6. The van der Waals surface area contributed by atoms with Crippen LogP contribution in [0.15, 0.2) is 84.9 Å². The Morgan fingerprint density at radius 1 is 0.500 bits per heavy atom. The topological polar surface area (TPSA) is 232 Å². The molecule has 0 bridgehead atoms. The number of hydrogen-bond donors (Lipinski definition) is 4. The van der Waals surface area contributed by atoms with Crippen molar-refractivity contribution in [3.63, 3.8) is 0 Å². The van der Waals surface area contributed by atoms with Crippen LogP contribution in [0.1, 0.15) is 139 Å². The fourth-order valence-corrected chi connectivity index (χ4v) is 11.8. The highest BCUT2D eigenvalue weighted by Crippen LogP contribution is 2.31. The Morgan fingerprint density at radius 3 is 1.15 bits per heavy atom. The first-order valence-electron chi connectivity index (χ1n) is 29.0. The molecule has 3 aromatic carbocycles. The Hall–Kier alpha value is -6.66. The van der Waals surface area contributed by atoms with Gasteiger partial charge in [0.05, 0.1) is 12.1 Å². The van der Waals surface area contributed by atoms with E-state index in [1.54, 1.807) is 57.7 Å². The lowest BCUT2D eigenvalue weighted by Gasteiger charge is -2.38. The highest BCUT2D eigenvalue weighted by Gasteiger charge is 2.45. The van der Waals surface area contributed by atoms with Crippen molar-refractivity contribution in [2.24, 2.45) is 22.3 Å². The van der Waals surface area contributed by atoms with Crippen LogP contribution in [0.4, 0.5) is 0 Å². The second-order valence-corrected chi connectivity index (χ2v) is 24.8. The molecule has 4 fully saturated rings. The van der Waals surface area contributed by atoms with Crippen molar-refractivity contribution < 1.29 is 38.4 Å². The lowest BCUT2D eigenvalue weighted by atomic mass is 9.85. The van der Waals surface area contributed by atoms with Crippen molar-refractivity contribution in [3.05, 3.63) is 107 Å². The first-order valence-corrected chi connectivity index (χ1v) is 29.0. The number of carbonyl (C=O) groups is 8. The standard InChI is InChI=1S/C62H88N10O8/c1-41(63)53(73)65-51(61(3,4)5)59(79)69-33-15-23-47(69)39-67(37-31-43-19-11-9-12-20-43)57(77)49-25-17-35-71(49)55(75)45-27-29-46(30-28-45)56(76)72-36-18-26-50(72)58(78)68(38-32-44-21-13-10-14-22-44)40-48-24-16-34-70(48)60(80)52(62(6,7)8)66-54(74)42(2)64/h9-14,19-22,27-30,41-42,47-52H,15-18,23-26,31-40,63-64H2,1-8H3,(H,65,73)(H,66,74)/t41-,42-,47-,48-,49-,50-,51+,52+/m0/s1. The molecule has 0 spiro atoms. The first-order chi connectivity index (χ1) is 37.9. The monoisotopic (exact) mass is 1100 g/mol. The van der Waals surface area contributed by atoms with E-state index < -0.39 is 58.9 Å². The quantitative estimate of drug-likeness (QED) is 0.121. The van der Waals surface area contributed by atoms with Crippen LogP contribution >= 0.6 is 0 Å². The summed E-state index contributed by atoms with van der Waals surface area (Å²) in [6, 6.07) is 20.9. The average molecular weight is 1100 g/mol. The van der Waals surface area contributed by atoms with E-state index in [4.69, 9.17) is 11.5 Å². The number of nitrogens with two attached hydrogens (primary N) is 2. The van der Waals surface area contributed by atoms with Crippen molar-refractivity contribution in [3.8, 4) is 0 Å². The molecule has 0 radical (unpaired) electrons. The molecule has 3 aromatic rings. The predicted octanol–water partition coefficient (Wildman–Crippen LogP) is 4.78. The van der Waals surface area contributed by atoms with Crippen LogP contribution in [0.2, 0.25) is 0 Å². The highest BCUT2D eigenvalue weighted by molar-refractivity contribution is 6.01. The van der Waals surface area contributed by atoms with E-state index in [-0.39, 0.29) is 60.6 Å². The van der Waals surface area contributed by atoms with E-state index in [2.05, 4.69) is 10.6 Å². The predicted molar refractivity (Wildman–Crippen MR) is 308 cm³/mol. The van der Waals surface area contributed by atoms with Gasteiger partial charge < -0.3 is 51.5 Å². The van der Waals surface area contributed by atoms with Gasteiger partial charge in [-0.25, -0.2) is 0 Å². The van der Waals surface area contributed by atoms with Crippen LogP contribution in [0.3, 0.4) is 0 Å². The third-order valence-corrected chi connectivity index (χ3v) is 16.4. The molecular weight excluding hydrogens is 1010 g/mol. The fourth-order valence-electron chi connectivity index (χ4n) is 11.8. The van der Waals surface area contributed by atoms with Gasteiger partial charge in [-0.2, -0.15) is 0 Å². The molecule has 434 valence electrons. The minimum absolute atomic E-state index is 0.190. The van der Waals surface area contributed by atoms with Crippen molar-refractivity contribution in [1.29, 1.82) is 0 Å². The van der Waals surface area contributed by atoms with Crippen molar-refractivity contribution in [2.45, 2.75) is 168 Å². The largest absolute Gasteiger partial charge is 0.342 e. The first kappa shape index (κ1) is 61.0. The van der Waals surface area contributed by atoms with Crippen molar-refractivity contribution in [2.75, 3.05) is 52.4 Å². The zero-order valence-corrected chi connectivity index (χ0v) is 48.5. The van der Waals surface area contributed by atoms with E-state index in [1.807, 2.05) is 112 Å². The molecule has 0 saturated carbocycles.